The standard InChI is InChI=1S/C23H26N2O6/c1-14(21(26)25-20(13-30-2)22(27)28)11-24-23(29)31-12-19-17-9-5-3-7-15(17)16-8-4-6-10-18(16)19/h3-10,14,19-20H,11-13H2,1-2H3,(H,24,29)(H,25,26)(H,27,28)/t14?,20-/m0/s1. The average molecular weight is 426 g/mol. The summed E-state index contributed by atoms with van der Waals surface area (Å²) in [6, 6.07) is 14.9. The van der Waals surface area contributed by atoms with Gasteiger partial charge in [-0.05, 0) is 22.3 Å². The van der Waals surface area contributed by atoms with Crippen molar-refractivity contribution in [1.29, 1.82) is 0 Å². The van der Waals surface area contributed by atoms with Crippen LogP contribution in [0.4, 0.5) is 4.79 Å². The SMILES string of the molecule is COC[C@H](NC(=O)C(C)CNC(=O)OCC1c2ccccc2-c2ccccc21)C(=O)O. The maximum Gasteiger partial charge on any atom is 0.407 e. The van der Waals surface area contributed by atoms with E-state index in [1.165, 1.54) is 7.11 Å². The van der Waals surface area contributed by atoms with Crippen molar-refractivity contribution < 1.29 is 29.0 Å². The summed E-state index contributed by atoms with van der Waals surface area (Å²) in [5, 5.41) is 14.0. The topological polar surface area (TPSA) is 114 Å². The number of fused-ring (bicyclic) bond motifs is 3. The van der Waals surface area contributed by atoms with Gasteiger partial charge in [0, 0.05) is 19.6 Å². The number of carbonyl (C=O) groups is 3. The van der Waals surface area contributed by atoms with E-state index in [1.807, 2.05) is 36.4 Å². The van der Waals surface area contributed by atoms with Gasteiger partial charge in [0.25, 0.3) is 0 Å². The van der Waals surface area contributed by atoms with Crippen LogP contribution in [0, 0.1) is 5.92 Å². The number of hydrogen-bond donors (Lipinski definition) is 3. The van der Waals surface area contributed by atoms with E-state index in [-0.39, 0.29) is 25.7 Å². The highest BCUT2D eigenvalue weighted by Gasteiger charge is 2.29. The summed E-state index contributed by atoms with van der Waals surface area (Å²) in [6.45, 7) is 1.63. The second kappa shape index (κ2) is 10.1. The number of carboxylic acids is 1. The number of carboxylic acid groups (broad SMARTS) is 1. The number of alkyl carbamates (subject to hydrolysis) is 1. The van der Waals surface area contributed by atoms with Gasteiger partial charge in [-0.25, -0.2) is 9.59 Å². The lowest BCUT2D eigenvalue weighted by Gasteiger charge is -2.18. The first kappa shape index (κ1) is 22.3. The van der Waals surface area contributed by atoms with Gasteiger partial charge in [-0.2, -0.15) is 0 Å². The van der Waals surface area contributed by atoms with Crippen LogP contribution in [-0.4, -0.2) is 56.0 Å². The van der Waals surface area contributed by atoms with Gasteiger partial charge in [-0.15, -0.1) is 0 Å². The number of carbonyl (C=O) groups excluding carboxylic acids is 2. The number of benzene rings is 2. The second-order valence-electron chi connectivity index (χ2n) is 7.46. The van der Waals surface area contributed by atoms with Crippen molar-refractivity contribution in [3.8, 4) is 11.1 Å². The summed E-state index contributed by atoms with van der Waals surface area (Å²) in [5.74, 6) is -2.38. The van der Waals surface area contributed by atoms with Gasteiger partial charge >= 0.3 is 12.1 Å². The van der Waals surface area contributed by atoms with Crippen molar-refractivity contribution in [2.75, 3.05) is 26.9 Å². The molecule has 3 N–H and O–H groups in total. The van der Waals surface area contributed by atoms with Gasteiger partial charge in [-0.3, -0.25) is 4.79 Å². The molecule has 8 nitrogen and oxygen atoms in total. The Morgan fingerprint density at radius 2 is 1.61 bits per heavy atom. The van der Waals surface area contributed by atoms with Gasteiger partial charge in [-0.1, -0.05) is 55.5 Å². The number of rotatable bonds is 9. The van der Waals surface area contributed by atoms with E-state index in [9.17, 15) is 14.4 Å². The monoisotopic (exact) mass is 426 g/mol. The largest absolute Gasteiger partial charge is 0.480 e. The Morgan fingerprint density at radius 1 is 1.03 bits per heavy atom. The molecular formula is C23H26N2O6. The van der Waals surface area contributed by atoms with Crippen LogP contribution < -0.4 is 10.6 Å². The lowest BCUT2D eigenvalue weighted by molar-refractivity contribution is -0.143. The van der Waals surface area contributed by atoms with E-state index < -0.39 is 29.9 Å². The predicted octanol–water partition coefficient (Wildman–Crippen LogP) is 2.38. The summed E-state index contributed by atoms with van der Waals surface area (Å²) in [4.78, 5) is 35.5. The number of ether oxygens (including phenoxy) is 2. The van der Waals surface area contributed by atoms with Gasteiger partial charge in [0.2, 0.25) is 5.91 Å². The number of aliphatic carboxylic acids is 1. The number of amides is 2. The fraction of sp³-hybridized carbons (Fsp3) is 0.348. The fourth-order valence-corrected chi connectivity index (χ4v) is 3.63. The quantitative estimate of drug-likeness (QED) is 0.567. The molecule has 0 spiro atoms. The Hall–Kier alpha value is -3.39. The lowest BCUT2D eigenvalue weighted by Crippen LogP contribution is -2.47. The molecule has 0 saturated carbocycles. The molecular weight excluding hydrogens is 400 g/mol. The fourth-order valence-electron chi connectivity index (χ4n) is 3.63. The Kier molecular flexibility index (Phi) is 7.25. The molecule has 2 aromatic carbocycles. The number of methoxy groups -OCH3 is 1. The van der Waals surface area contributed by atoms with E-state index >= 15 is 0 Å². The van der Waals surface area contributed by atoms with Crippen molar-refractivity contribution in [2.24, 2.45) is 5.92 Å². The molecule has 0 radical (unpaired) electrons. The molecule has 0 saturated heterocycles. The number of hydrogen-bond acceptors (Lipinski definition) is 5. The molecule has 2 amide bonds. The third kappa shape index (κ3) is 5.21. The van der Waals surface area contributed by atoms with Crippen LogP contribution in [0.1, 0.15) is 24.0 Å². The van der Waals surface area contributed by atoms with Gasteiger partial charge in [0.15, 0.2) is 6.04 Å². The van der Waals surface area contributed by atoms with E-state index in [1.54, 1.807) is 6.92 Å². The smallest absolute Gasteiger partial charge is 0.407 e. The van der Waals surface area contributed by atoms with E-state index in [4.69, 9.17) is 14.6 Å². The van der Waals surface area contributed by atoms with Gasteiger partial charge in [0.1, 0.15) is 6.61 Å². The highest BCUT2D eigenvalue weighted by Crippen LogP contribution is 2.44. The van der Waals surface area contributed by atoms with Crippen LogP contribution in [-0.2, 0) is 19.1 Å². The normalized spacial score (nSPS) is 14.1. The molecule has 31 heavy (non-hydrogen) atoms. The minimum absolute atomic E-state index is 0.0157. The van der Waals surface area contributed by atoms with Crippen LogP contribution in [0.5, 0.6) is 0 Å². The highest BCUT2D eigenvalue weighted by atomic mass is 16.5. The molecule has 1 aliphatic rings. The first-order valence-electron chi connectivity index (χ1n) is 10.0. The molecule has 0 heterocycles. The summed E-state index contributed by atoms with van der Waals surface area (Å²) in [7, 11) is 1.35. The Balaban J connectivity index is 1.52. The molecule has 2 atom stereocenters. The highest BCUT2D eigenvalue weighted by molar-refractivity contribution is 5.85. The maximum absolute atomic E-state index is 12.2. The zero-order chi connectivity index (χ0) is 22.4. The van der Waals surface area contributed by atoms with Crippen molar-refractivity contribution in [3.05, 3.63) is 59.7 Å². The minimum atomic E-state index is -1.19. The predicted molar refractivity (Wildman–Crippen MR) is 114 cm³/mol. The molecule has 8 heteroatoms. The van der Waals surface area contributed by atoms with Crippen LogP contribution in [0.2, 0.25) is 0 Å². The third-order valence-corrected chi connectivity index (χ3v) is 5.29. The molecule has 3 rings (SSSR count). The van der Waals surface area contributed by atoms with Crippen molar-refractivity contribution >= 4 is 18.0 Å². The Bertz CT molecular complexity index is 915. The zero-order valence-corrected chi connectivity index (χ0v) is 17.5. The number of nitrogens with one attached hydrogen (secondary N) is 2. The molecule has 0 fully saturated rings. The Morgan fingerprint density at radius 3 is 2.16 bits per heavy atom. The minimum Gasteiger partial charge on any atom is -0.480 e. The van der Waals surface area contributed by atoms with Crippen molar-refractivity contribution in [1.82, 2.24) is 10.6 Å². The second-order valence-corrected chi connectivity index (χ2v) is 7.46. The average Bonchev–Trinajstić information content (AvgIpc) is 3.09. The molecule has 1 unspecified atom stereocenters. The molecule has 1 aliphatic carbocycles. The first-order chi connectivity index (χ1) is 14.9. The van der Waals surface area contributed by atoms with E-state index in [0.29, 0.717) is 0 Å². The summed E-state index contributed by atoms with van der Waals surface area (Å²) < 4.78 is 10.2. The van der Waals surface area contributed by atoms with Crippen LogP contribution in [0.25, 0.3) is 11.1 Å². The van der Waals surface area contributed by atoms with Gasteiger partial charge in [0.05, 0.1) is 12.5 Å². The third-order valence-electron chi connectivity index (χ3n) is 5.29. The molecule has 164 valence electrons. The maximum atomic E-state index is 12.2. The first-order valence-corrected chi connectivity index (χ1v) is 10.0. The summed E-state index contributed by atoms with van der Waals surface area (Å²) in [6.07, 6.45) is -0.631. The van der Waals surface area contributed by atoms with E-state index in [0.717, 1.165) is 22.3 Å². The van der Waals surface area contributed by atoms with Crippen LogP contribution >= 0.6 is 0 Å². The molecule has 0 bridgehead atoms. The molecule has 0 aromatic heterocycles. The summed E-state index contributed by atoms with van der Waals surface area (Å²) >= 11 is 0. The van der Waals surface area contributed by atoms with Crippen LogP contribution in [0.15, 0.2) is 48.5 Å². The Labute approximate surface area is 180 Å². The zero-order valence-electron chi connectivity index (χ0n) is 17.5. The van der Waals surface area contributed by atoms with Gasteiger partial charge < -0.3 is 25.2 Å². The lowest BCUT2D eigenvalue weighted by atomic mass is 9.98. The van der Waals surface area contributed by atoms with Crippen molar-refractivity contribution in [2.45, 2.75) is 18.9 Å². The van der Waals surface area contributed by atoms with Crippen molar-refractivity contribution in [3.63, 3.8) is 0 Å². The molecule has 2 aromatic rings. The van der Waals surface area contributed by atoms with Crippen LogP contribution in [0.3, 0.4) is 0 Å². The van der Waals surface area contributed by atoms with E-state index in [2.05, 4.69) is 22.8 Å². The summed E-state index contributed by atoms with van der Waals surface area (Å²) in [5.41, 5.74) is 4.51. The molecule has 0 aliphatic heterocycles.